The normalized spacial score (nSPS) is 11.1. The molecule has 7 heteroatoms. The van der Waals surface area contributed by atoms with E-state index in [1.54, 1.807) is 0 Å². The molecule has 100 valence electrons. The van der Waals surface area contributed by atoms with Crippen molar-refractivity contribution >= 4 is 21.5 Å². The van der Waals surface area contributed by atoms with Gasteiger partial charge in [0.05, 0.1) is 30.6 Å². The Labute approximate surface area is 106 Å². The number of hydrogen-bond donors (Lipinski definition) is 1. The second-order valence-electron chi connectivity index (χ2n) is 3.49. The lowest BCUT2D eigenvalue weighted by Gasteiger charge is -2.11. The molecule has 1 aromatic carbocycles. The molecule has 0 heterocycles. The van der Waals surface area contributed by atoms with Crippen molar-refractivity contribution in [1.82, 2.24) is 0 Å². The Morgan fingerprint density at radius 2 is 1.94 bits per heavy atom. The topological polar surface area (TPSA) is 95.7 Å². The van der Waals surface area contributed by atoms with Gasteiger partial charge in [0.25, 0.3) is 0 Å². The van der Waals surface area contributed by atoms with E-state index >= 15 is 0 Å². The van der Waals surface area contributed by atoms with Gasteiger partial charge in [0.1, 0.15) is 11.3 Å². The molecule has 0 atom stereocenters. The summed E-state index contributed by atoms with van der Waals surface area (Å²) in [6.45, 7) is 1.50. The van der Waals surface area contributed by atoms with Gasteiger partial charge >= 0.3 is 5.97 Å². The van der Waals surface area contributed by atoms with Crippen LogP contribution >= 0.6 is 0 Å². The van der Waals surface area contributed by atoms with E-state index in [0.29, 0.717) is 0 Å². The number of carbonyl (C=O) groups excluding carboxylic acids is 1. The van der Waals surface area contributed by atoms with Gasteiger partial charge in [-0.1, -0.05) is 6.92 Å². The summed E-state index contributed by atoms with van der Waals surface area (Å²) in [6.07, 6.45) is 0. The first-order chi connectivity index (χ1) is 8.37. The maximum Gasteiger partial charge on any atom is 0.341 e. The average molecular weight is 273 g/mol. The zero-order chi connectivity index (χ0) is 13.9. The number of hydrogen-bond acceptors (Lipinski definition) is 6. The number of carbonyl (C=O) groups is 1. The lowest BCUT2D eigenvalue weighted by Crippen LogP contribution is -2.11. The molecule has 2 N–H and O–H groups in total. The molecule has 0 aliphatic carbocycles. The molecule has 0 saturated carbocycles. The van der Waals surface area contributed by atoms with Crippen molar-refractivity contribution in [2.75, 3.05) is 25.7 Å². The molecule has 0 radical (unpaired) electrons. The molecule has 0 spiro atoms. The van der Waals surface area contributed by atoms with E-state index < -0.39 is 15.8 Å². The Bertz CT molecular complexity index is 565. The van der Waals surface area contributed by atoms with Crippen LogP contribution < -0.4 is 10.5 Å². The van der Waals surface area contributed by atoms with E-state index in [-0.39, 0.29) is 27.6 Å². The number of nitrogens with two attached hydrogens (primary N) is 1. The van der Waals surface area contributed by atoms with E-state index in [9.17, 15) is 13.2 Å². The highest BCUT2D eigenvalue weighted by atomic mass is 32.2. The monoisotopic (exact) mass is 273 g/mol. The van der Waals surface area contributed by atoms with Crippen molar-refractivity contribution in [3.63, 3.8) is 0 Å². The minimum absolute atomic E-state index is 0.0289. The number of anilines is 1. The van der Waals surface area contributed by atoms with Gasteiger partial charge in [0, 0.05) is 6.07 Å². The van der Waals surface area contributed by atoms with E-state index in [1.165, 1.54) is 33.3 Å². The Balaban J connectivity index is 3.54. The van der Waals surface area contributed by atoms with Crippen molar-refractivity contribution in [1.29, 1.82) is 0 Å². The lowest BCUT2D eigenvalue weighted by molar-refractivity contribution is 0.0597. The number of ether oxygens (including phenoxy) is 2. The molecular formula is C11H15NO5S. The standard InChI is InChI=1S/C11H15NO5S/c1-4-18(14,15)10-5-7(11(13)17-3)9(16-2)6-8(10)12/h5-6H,4,12H2,1-3H3. The average Bonchev–Trinajstić information content (AvgIpc) is 2.37. The third kappa shape index (κ3) is 2.56. The van der Waals surface area contributed by atoms with Crippen LogP contribution in [-0.2, 0) is 14.6 Å². The molecule has 6 nitrogen and oxygen atoms in total. The fourth-order valence-corrected chi connectivity index (χ4v) is 2.47. The van der Waals surface area contributed by atoms with Crippen LogP contribution in [0.1, 0.15) is 17.3 Å². The van der Waals surface area contributed by atoms with Crippen LogP contribution in [0.4, 0.5) is 5.69 Å². The summed E-state index contributed by atoms with van der Waals surface area (Å²) in [4.78, 5) is 11.4. The van der Waals surface area contributed by atoms with Gasteiger partial charge in [-0.25, -0.2) is 13.2 Å². The Kier molecular flexibility index (Phi) is 4.18. The first-order valence-electron chi connectivity index (χ1n) is 5.16. The summed E-state index contributed by atoms with van der Waals surface area (Å²) in [5, 5.41) is 0. The Morgan fingerprint density at radius 1 is 1.33 bits per heavy atom. The summed E-state index contributed by atoms with van der Waals surface area (Å²) < 4.78 is 33.2. The van der Waals surface area contributed by atoms with Crippen molar-refractivity contribution in [2.45, 2.75) is 11.8 Å². The maximum absolute atomic E-state index is 11.8. The number of esters is 1. The van der Waals surface area contributed by atoms with Gasteiger partial charge in [-0.3, -0.25) is 0 Å². The lowest BCUT2D eigenvalue weighted by atomic mass is 10.2. The van der Waals surface area contributed by atoms with Crippen LogP contribution in [0.5, 0.6) is 5.75 Å². The smallest absolute Gasteiger partial charge is 0.341 e. The first kappa shape index (κ1) is 14.3. The van der Waals surface area contributed by atoms with E-state index in [0.717, 1.165) is 0 Å². The van der Waals surface area contributed by atoms with Crippen LogP contribution in [0.25, 0.3) is 0 Å². The molecule has 0 fully saturated rings. The van der Waals surface area contributed by atoms with Gasteiger partial charge in [0.2, 0.25) is 0 Å². The van der Waals surface area contributed by atoms with Crippen LogP contribution in [0.2, 0.25) is 0 Å². The molecule has 0 saturated heterocycles. The number of rotatable bonds is 4. The van der Waals surface area contributed by atoms with Gasteiger partial charge in [0.15, 0.2) is 9.84 Å². The summed E-state index contributed by atoms with van der Waals surface area (Å²) in [5.74, 6) is -0.613. The first-order valence-corrected chi connectivity index (χ1v) is 6.81. The fraction of sp³-hybridized carbons (Fsp3) is 0.364. The molecule has 0 aliphatic heterocycles. The SMILES string of the molecule is CCS(=O)(=O)c1cc(C(=O)OC)c(OC)cc1N. The third-order valence-corrected chi connectivity index (χ3v) is 4.24. The predicted octanol–water partition coefficient (Wildman–Crippen LogP) is 0.858. The molecular weight excluding hydrogens is 258 g/mol. The van der Waals surface area contributed by atoms with Crippen LogP contribution in [0, 0.1) is 0 Å². The largest absolute Gasteiger partial charge is 0.496 e. The highest BCUT2D eigenvalue weighted by molar-refractivity contribution is 7.91. The summed E-state index contributed by atoms with van der Waals surface area (Å²) in [6, 6.07) is 2.48. The maximum atomic E-state index is 11.8. The number of methoxy groups -OCH3 is 2. The van der Waals surface area contributed by atoms with Crippen LogP contribution in [0.15, 0.2) is 17.0 Å². The Hall–Kier alpha value is -1.76. The van der Waals surface area contributed by atoms with Gasteiger partial charge in [-0.2, -0.15) is 0 Å². The molecule has 0 aromatic heterocycles. The second kappa shape index (κ2) is 5.26. The van der Waals surface area contributed by atoms with Crippen molar-refractivity contribution in [3.8, 4) is 5.75 Å². The molecule has 0 unspecified atom stereocenters. The van der Waals surface area contributed by atoms with Crippen LogP contribution in [-0.4, -0.2) is 34.4 Å². The zero-order valence-electron chi connectivity index (χ0n) is 10.4. The summed E-state index contributed by atoms with van der Waals surface area (Å²) >= 11 is 0. The summed E-state index contributed by atoms with van der Waals surface area (Å²) in [5.41, 5.74) is 5.73. The summed E-state index contributed by atoms with van der Waals surface area (Å²) in [7, 11) is -0.950. The van der Waals surface area contributed by atoms with Crippen molar-refractivity contribution < 1.29 is 22.7 Å². The molecule has 18 heavy (non-hydrogen) atoms. The Morgan fingerprint density at radius 3 is 2.39 bits per heavy atom. The number of nitrogen functional groups attached to an aromatic ring is 1. The van der Waals surface area contributed by atoms with Crippen molar-refractivity contribution in [3.05, 3.63) is 17.7 Å². The number of benzene rings is 1. The van der Waals surface area contributed by atoms with Gasteiger partial charge in [-0.15, -0.1) is 0 Å². The molecule has 0 bridgehead atoms. The number of sulfone groups is 1. The third-order valence-electron chi connectivity index (χ3n) is 2.45. The van der Waals surface area contributed by atoms with Gasteiger partial charge in [-0.05, 0) is 6.07 Å². The zero-order valence-corrected chi connectivity index (χ0v) is 11.2. The van der Waals surface area contributed by atoms with Gasteiger partial charge < -0.3 is 15.2 Å². The minimum Gasteiger partial charge on any atom is -0.496 e. The predicted molar refractivity (Wildman–Crippen MR) is 66.5 cm³/mol. The van der Waals surface area contributed by atoms with Crippen LogP contribution in [0.3, 0.4) is 0 Å². The molecule has 0 amide bonds. The van der Waals surface area contributed by atoms with E-state index in [4.69, 9.17) is 10.5 Å². The fourth-order valence-electron chi connectivity index (χ4n) is 1.44. The molecule has 0 aliphatic rings. The van der Waals surface area contributed by atoms with E-state index in [1.807, 2.05) is 0 Å². The highest BCUT2D eigenvalue weighted by Gasteiger charge is 2.22. The minimum atomic E-state index is -3.51. The van der Waals surface area contributed by atoms with Crippen molar-refractivity contribution in [2.24, 2.45) is 0 Å². The molecule has 1 aromatic rings. The van der Waals surface area contributed by atoms with E-state index in [2.05, 4.69) is 4.74 Å². The quantitative estimate of drug-likeness (QED) is 0.645. The molecule has 1 rings (SSSR count). The highest BCUT2D eigenvalue weighted by Crippen LogP contribution is 2.29. The second-order valence-corrected chi connectivity index (χ2v) is 5.73.